The number of aromatic nitrogens is 1. The zero-order chi connectivity index (χ0) is 17.5. The number of rotatable bonds is 7. The minimum Gasteiger partial charge on any atom is -0.495 e. The Kier molecular flexibility index (Phi) is 6.02. The van der Waals surface area contributed by atoms with Crippen molar-refractivity contribution in [3.8, 4) is 11.6 Å². The molecule has 2 rings (SSSR count). The van der Waals surface area contributed by atoms with Crippen molar-refractivity contribution in [1.82, 2.24) is 5.16 Å². The van der Waals surface area contributed by atoms with Crippen molar-refractivity contribution >= 4 is 29.2 Å². The number of aryl methyl sites for hydroxylation is 1. The maximum atomic E-state index is 11.7. The number of nitrogens with zero attached hydrogens (tertiary/aromatic N) is 1. The zero-order valence-corrected chi connectivity index (χ0v) is 13.8. The number of halogens is 1. The van der Waals surface area contributed by atoms with Gasteiger partial charge in [-0.1, -0.05) is 11.6 Å². The third-order valence-corrected chi connectivity index (χ3v) is 3.04. The average Bonchev–Trinajstić information content (AvgIpc) is 2.96. The van der Waals surface area contributed by atoms with Crippen LogP contribution in [0.2, 0.25) is 5.02 Å². The van der Waals surface area contributed by atoms with E-state index in [9.17, 15) is 9.59 Å². The molecule has 0 spiro atoms. The first-order valence-corrected chi connectivity index (χ1v) is 7.21. The number of nitrogens with one attached hydrogen (secondary N) is 1. The van der Waals surface area contributed by atoms with Crippen LogP contribution in [0.1, 0.15) is 5.76 Å². The molecule has 1 amide bonds. The Labute approximate surface area is 142 Å². The fraction of sp³-hybridized carbons (Fsp3) is 0.267. The second-order valence-electron chi connectivity index (χ2n) is 4.62. The minimum atomic E-state index is -0.710. The van der Waals surface area contributed by atoms with Gasteiger partial charge in [0.15, 0.2) is 13.2 Å². The Balaban J connectivity index is 1.74. The predicted molar refractivity (Wildman–Crippen MR) is 84.3 cm³/mol. The van der Waals surface area contributed by atoms with Crippen LogP contribution in [0.5, 0.6) is 11.6 Å². The van der Waals surface area contributed by atoms with E-state index >= 15 is 0 Å². The van der Waals surface area contributed by atoms with Crippen LogP contribution in [0.3, 0.4) is 0 Å². The number of benzene rings is 1. The molecule has 1 N–H and O–H groups in total. The number of esters is 1. The smallest absolute Gasteiger partial charge is 0.344 e. The molecule has 0 bridgehead atoms. The molecular weight excluding hydrogens is 340 g/mol. The van der Waals surface area contributed by atoms with Gasteiger partial charge in [0.1, 0.15) is 11.5 Å². The van der Waals surface area contributed by atoms with Crippen LogP contribution >= 0.6 is 11.6 Å². The van der Waals surface area contributed by atoms with Crippen LogP contribution < -0.4 is 14.8 Å². The molecule has 24 heavy (non-hydrogen) atoms. The standard InChI is InChI=1S/C15H15ClN2O6/c1-9-5-14(18-24-9)22-8-15(20)23-7-13(19)17-10-3-4-12(21-2)11(16)6-10/h3-6H,7-8H2,1-2H3,(H,17,19). The third-order valence-electron chi connectivity index (χ3n) is 2.74. The van der Waals surface area contributed by atoms with Crippen molar-refractivity contribution in [2.45, 2.75) is 6.92 Å². The second-order valence-corrected chi connectivity index (χ2v) is 5.03. The molecule has 0 aliphatic rings. The molecule has 2 aromatic rings. The first-order chi connectivity index (χ1) is 11.5. The molecule has 0 aliphatic heterocycles. The number of anilines is 1. The van der Waals surface area contributed by atoms with E-state index in [0.717, 1.165) is 0 Å². The van der Waals surface area contributed by atoms with E-state index in [2.05, 4.69) is 10.5 Å². The SMILES string of the molecule is COc1ccc(NC(=O)COC(=O)COc2cc(C)on2)cc1Cl. The number of ether oxygens (including phenoxy) is 3. The van der Waals surface area contributed by atoms with Gasteiger partial charge in [-0.2, -0.15) is 0 Å². The molecule has 0 saturated heterocycles. The Morgan fingerprint density at radius 1 is 1.29 bits per heavy atom. The number of hydrogen-bond acceptors (Lipinski definition) is 7. The van der Waals surface area contributed by atoms with E-state index in [1.165, 1.54) is 19.2 Å². The van der Waals surface area contributed by atoms with E-state index in [-0.39, 0.29) is 12.5 Å². The fourth-order valence-corrected chi connectivity index (χ4v) is 1.93. The van der Waals surface area contributed by atoms with E-state index in [0.29, 0.717) is 22.2 Å². The van der Waals surface area contributed by atoms with Gasteiger partial charge in [0.05, 0.1) is 12.1 Å². The highest BCUT2D eigenvalue weighted by Gasteiger charge is 2.11. The van der Waals surface area contributed by atoms with Crippen molar-refractivity contribution in [2.24, 2.45) is 0 Å². The maximum absolute atomic E-state index is 11.7. The van der Waals surface area contributed by atoms with Crippen molar-refractivity contribution in [1.29, 1.82) is 0 Å². The Morgan fingerprint density at radius 2 is 2.08 bits per heavy atom. The van der Waals surface area contributed by atoms with Crippen molar-refractivity contribution in [3.63, 3.8) is 0 Å². The molecule has 1 heterocycles. The maximum Gasteiger partial charge on any atom is 0.344 e. The molecule has 0 atom stereocenters. The summed E-state index contributed by atoms with van der Waals surface area (Å²) in [6.45, 7) is 0.852. The van der Waals surface area contributed by atoms with Crippen molar-refractivity contribution in [2.75, 3.05) is 25.6 Å². The number of hydrogen-bond donors (Lipinski definition) is 1. The molecule has 0 unspecified atom stereocenters. The highest BCUT2D eigenvalue weighted by molar-refractivity contribution is 6.32. The van der Waals surface area contributed by atoms with E-state index in [4.69, 9.17) is 30.3 Å². The van der Waals surface area contributed by atoms with Gasteiger partial charge in [0.2, 0.25) is 0 Å². The summed E-state index contributed by atoms with van der Waals surface area (Å²) < 4.78 is 19.6. The van der Waals surface area contributed by atoms with Gasteiger partial charge in [-0.3, -0.25) is 4.79 Å². The summed E-state index contributed by atoms with van der Waals surface area (Å²) in [7, 11) is 1.49. The lowest BCUT2D eigenvalue weighted by atomic mass is 10.3. The third kappa shape index (κ3) is 5.17. The normalized spacial score (nSPS) is 10.1. The van der Waals surface area contributed by atoms with Gasteiger partial charge in [-0.25, -0.2) is 4.79 Å². The predicted octanol–water partition coefficient (Wildman–Crippen LogP) is 2.21. The van der Waals surface area contributed by atoms with Gasteiger partial charge >= 0.3 is 5.97 Å². The average molecular weight is 355 g/mol. The van der Waals surface area contributed by atoms with Gasteiger partial charge in [0, 0.05) is 11.8 Å². The van der Waals surface area contributed by atoms with Crippen molar-refractivity contribution < 1.29 is 28.3 Å². The first-order valence-electron chi connectivity index (χ1n) is 6.83. The van der Waals surface area contributed by atoms with Crippen LogP contribution in [0, 0.1) is 6.92 Å². The summed E-state index contributed by atoms with van der Waals surface area (Å²) in [6, 6.07) is 6.27. The monoisotopic (exact) mass is 354 g/mol. The zero-order valence-electron chi connectivity index (χ0n) is 13.0. The Morgan fingerprint density at radius 3 is 2.71 bits per heavy atom. The van der Waals surface area contributed by atoms with Gasteiger partial charge in [-0.05, 0) is 30.3 Å². The molecule has 0 radical (unpaired) electrons. The van der Waals surface area contributed by atoms with E-state index < -0.39 is 18.5 Å². The summed E-state index contributed by atoms with van der Waals surface area (Å²) in [5, 5.41) is 6.45. The molecule has 9 heteroatoms. The van der Waals surface area contributed by atoms with Crippen LogP contribution in [0.15, 0.2) is 28.8 Å². The lowest BCUT2D eigenvalue weighted by Gasteiger charge is -2.08. The molecule has 1 aromatic heterocycles. The van der Waals surface area contributed by atoms with Gasteiger partial charge in [0.25, 0.3) is 11.8 Å². The lowest BCUT2D eigenvalue weighted by molar-refractivity contribution is -0.149. The summed E-state index contributed by atoms with van der Waals surface area (Å²) in [4.78, 5) is 23.2. The highest BCUT2D eigenvalue weighted by atomic mass is 35.5. The largest absolute Gasteiger partial charge is 0.495 e. The lowest BCUT2D eigenvalue weighted by Crippen LogP contribution is -2.23. The summed E-state index contributed by atoms with van der Waals surface area (Å²) in [5.41, 5.74) is 0.455. The summed E-state index contributed by atoms with van der Waals surface area (Å²) in [6.07, 6.45) is 0. The topological polar surface area (TPSA) is 99.9 Å². The van der Waals surface area contributed by atoms with Crippen molar-refractivity contribution in [3.05, 3.63) is 35.0 Å². The number of amides is 1. The minimum absolute atomic E-state index is 0.168. The van der Waals surface area contributed by atoms with Gasteiger partial charge < -0.3 is 24.1 Å². The Hall–Kier alpha value is -2.74. The van der Waals surface area contributed by atoms with Crippen LogP contribution in [0.4, 0.5) is 5.69 Å². The number of carbonyl (C=O) groups is 2. The second kappa shape index (κ2) is 8.21. The van der Waals surface area contributed by atoms with Crippen LogP contribution in [0.25, 0.3) is 0 Å². The number of carbonyl (C=O) groups excluding carboxylic acids is 2. The Bertz CT molecular complexity index is 731. The highest BCUT2D eigenvalue weighted by Crippen LogP contribution is 2.27. The van der Waals surface area contributed by atoms with Gasteiger partial charge in [-0.15, -0.1) is 0 Å². The molecule has 128 valence electrons. The summed E-state index contributed by atoms with van der Waals surface area (Å²) >= 11 is 5.95. The van der Waals surface area contributed by atoms with E-state index in [1.807, 2.05) is 0 Å². The first kappa shape index (κ1) is 17.6. The van der Waals surface area contributed by atoms with Crippen LogP contribution in [-0.2, 0) is 14.3 Å². The molecule has 0 aliphatic carbocycles. The fourth-order valence-electron chi connectivity index (χ4n) is 1.67. The van der Waals surface area contributed by atoms with E-state index in [1.54, 1.807) is 19.1 Å². The number of methoxy groups -OCH3 is 1. The molecule has 0 fully saturated rings. The molecule has 0 saturated carbocycles. The summed E-state index contributed by atoms with van der Waals surface area (Å²) in [5.74, 6) is -0.0144. The molecule has 8 nitrogen and oxygen atoms in total. The molecule has 1 aromatic carbocycles. The van der Waals surface area contributed by atoms with Crippen LogP contribution in [-0.4, -0.2) is 37.4 Å². The quantitative estimate of drug-likeness (QED) is 0.761. The molecular formula is C15H15ClN2O6.